The molecule has 2 rings (SSSR count). The van der Waals surface area contributed by atoms with Crippen molar-refractivity contribution in [3.8, 4) is 0 Å². The lowest BCUT2D eigenvalue weighted by Crippen LogP contribution is -2.17. The Kier molecular flexibility index (Phi) is 6.17. The molecule has 26 heavy (non-hydrogen) atoms. The van der Waals surface area contributed by atoms with E-state index in [-0.39, 0.29) is 16.8 Å². The van der Waals surface area contributed by atoms with Crippen LogP contribution in [0.25, 0.3) is 0 Å². The molecule has 0 saturated heterocycles. The molecule has 1 atom stereocenters. The van der Waals surface area contributed by atoms with Gasteiger partial charge in [-0.2, -0.15) is 0 Å². The molecule has 2 aromatic heterocycles. The van der Waals surface area contributed by atoms with Crippen LogP contribution in [0.4, 0.5) is 0 Å². The molecular formula is C20H29N3O2S. The van der Waals surface area contributed by atoms with Gasteiger partial charge in [-0.15, -0.1) is 0 Å². The maximum atomic E-state index is 13.0. The number of imidazole rings is 1. The van der Waals surface area contributed by atoms with Crippen molar-refractivity contribution in [1.82, 2.24) is 14.5 Å². The molecule has 0 aliphatic carbocycles. The number of nitrogens with one attached hydrogen (secondary N) is 1. The Hall–Kier alpha value is -1.82. The SMILES string of the molecule is CC(=O)c1c(C)[nH]c(C(=O)C(C)Sc2nc(C)c(C)n2CC(C)C)c1C. The van der Waals surface area contributed by atoms with E-state index >= 15 is 0 Å². The summed E-state index contributed by atoms with van der Waals surface area (Å²) in [6.07, 6.45) is 0. The Balaban J connectivity index is 2.30. The van der Waals surface area contributed by atoms with Gasteiger partial charge in [-0.3, -0.25) is 9.59 Å². The van der Waals surface area contributed by atoms with E-state index in [1.54, 1.807) is 0 Å². The molecule has 0 aliphatic heterocycles. The van der Waals surface area contributed by atoms with Crippen molar-refractivity contribution in [2.45, 2.75) is 72.3 Å². The molecule has 142 valence electrons. The highest BCUT2D eigenvalue weighted by molar-refractivity contribution is 8.00. The predicted molar refractivity (Wildman–Crippen MR) is 106 cm³/mol. The van der Waals surface area contributed by atoms with Crippen LogP contribution < -0.4 is 0 Å². The molecule has 0 aromatic carbocycles. The third-order valence-electron chi connectivity index (χ3n) is 4.66. The van der Waals surface area contributed by atoms with Crippen LogP contribution in [0.3, 0.4) is 0 Å². The molecule has 1 N–H and O–H groups in total. The summed E-state index contributed by atoms with van der Waals surface area (Å²) in [5.74, 6) is 0.478. The van der Waals surface area contributed by atoms with E-state index in [1.165, 1.54) is 18.7 Å². The van der Waals surface area contributed by atoms with E-state index in [2.05, 4.69) is 35.3 Å². The quantitative estimate of drug-likeness (QED) is 0.564. The van der Waals surface area contributed by atoms with Crippen LogP contribution in [0.15, 0.2) is 5.16 Å². The van der Waals surface area contributed by atoms with Crippen LogP contribution in [0, 0.1) is 33.6 Å². The minimum Gasteiger partial charge on any atom is -0.355 e. The largest absolute Gasteiger partial charge is 0.355 e. The van der Waals surface area contributed by atoms with Gasteiger partial charge < -0.3 is 9.55 Å². The summed E-state index contributed by atoms with van der Waals surface area (Å²) in [4.78, 5) is 32.6. The first kappa shape index (κ1) is 20.5. The van der Waals surface area contributed by atoms with E-state index in [0.29, 0.717) is 17.2 Å². The molecule has 0 bridgehead atoms. The molecule has 0 fully saturated rings. The standard InChI is InChI=1S/C20H29N3O2S/c1-10(2)9-23-14(6)12(4)22-20(23)26-16(8)19(25)18-11(3)17(15(7)24)13(5)21-18/h10,16,21H,9H2,1-8H3. The number of rotatable bonds is 7. The zero-order chi connectivity index (χ0) is 19.8. The van der Waals surface area contributed by atoms with Gasteiger partial charge in [0.1, 0.15) is 0 Å². The predicted octanol–water partition coefficient (Wildman–Crippen LogP) is 4.67. The summed E-state index contributed by atoms with van der Waals surface area (Å²) in [7, 11) is 0. The second kappa shape index (κ2) is 7.82. The number of hydrogen-bond donors (Lipinski definition) is 1. The fourth-order valence-corrected chi connectivity index (χ4v) is 4.30. The summed E-state index contributed by atoms with van der Waals surface area (Å²) in [6, 6.07) is 0. The summed E-state index contributed by atoms with van der Waals surface area (Å²) in [5, 5.41) is 0.584. The van der Waals surface area contributed by atoms with E-state index in [4.69, 9.17) is 0 Å². The Bertz CT molecular complexity index is 846. The van der Waals surface area contributed by atoms with E-state index < -0.39 is 0 Å². The van der Waals surface area contributed by atoms with Gasteiger partial charge >= 0.3 is 0 Å². The van der Waals surface area contributed by atoms with Crippen LogP contribution in [0.2, 0.25) is 0 Å². The Morgan fingerprint density at radius 1 is 1.15 bits per heavy atom. The van der Waals surface area contributed by atoms with E-state index in [0.717, 1.165) is 34.3 Å². The second-order valence-corrected chi connectivity index (χ2v) is 8.68. The number of aromatic amines is 1. The monoisotopic (exact) mass is 375 g/mol. The number of carbonyl (C=O) groups is 2. The minimum atomic E-state index is -0.293. The van der Waals surface area contributed by atoms with Gasteiger partial charge in [-0.05, 0) is 53.0 Å². The smallest absolute Gasteiger partial charge is 0.192 e. The van der Waals surface area contributed by atoms with Crippen molar-refractivity contribution >= 4 is 23.3 Å². The molecule has 2 aromatic rings. The first-order chi connectivity index (χ1) is 12.0. The molecule has 0 radical (unpaired) electrons. The number of H-pyrrole nitrogens is 1. The first-order valence-corrected chi connectivity index (χ1v) is 9.87. The average Bonchev–Trinajstić information content (AvgIpc) is 2.96. The first-order valence-electron chi connectivity index (χ1n) is 8.99. The Morgan fingerprint density at radius 3 is 2.27 bits per heavy atom. The summed E-state index contributed by atoms with van der Waals surface area (Å²) in [5.41, 5.74) is 4.79. The number of ketones is 2. The number of carbonyl (C=O) groups excluding carboxylic acids is 2. The van der Waals surface area contributed by atoms with Crippen LogP contribution in [-0.4, -0.2) is 31.4 Å². The van der Waals surface area contributed by atoms with Gasteiger partial charge in [0, 0.05) is 23.5 Å². The van der Waals surface area contributed by atoms with Crippen LogP contribution in [0.5, 0.6) is 0 Å². The van der Waals surface area contributed by atoms with Gasteiger partial charge in [0.15, 0.2) is 16.7 Å². The Labute approximate surface area is 160 Å². The Morgan fingerprint density at radius 2 is 1.77 bits per heavy atom. The number of Topliss-reactive ketones (excluding diaryl/α,β-unsaturated/α-hetero) is 2. The normalized spacial score (nSPS) is 12.7. The highest BCUT2D eigenvalue weighted by Crippen LogP contribution is 2.29. The van der Waals surface area contributed by atoms with Gasteiger partial charge in [-0.1, -0.05) is 25.6 Å². The third kappa shape index (κ3) is 3.95. The van der Waals surface area contributed by atoms with Crippen LogP contribution in [0.1, 0.15) is 71.2 Å². The van der Waals surface area contributed by atoms with Crippen LogP contribution in [-0.2, 0) is 6.54 Å². The second-order valence-electron chi connectivity index (χ2n) is 7.38. The van der Waals surface area contributed by atoms with Gasteiger partial charge in [0.25, 0.3) is 0 Å². The van der Waals surface area contributed by atoms with Gasteiger partial charge in [0.05, 0.1) is 16.6 Å². The number of aromatic nitrogens is 3. The third-order valence-corrected chi connectivity index (χ3v) is 5.75. The maximum absolute atomic E-state index is 13.0. The van der Waals surface area contributed by atoms with E-state index in [1.807, 2.05) is 27.7 Å². The van der Waals surface area contributed by atoms with Crippen molar-refractivity contribution in [2.24, 2.45) is 5.92 Å². The molecule has 2 heterocycles. The van der Waals surface area contributed by atoms with Crippen molar-refractivity contribution in [2.75, 3.05) is 0 Å². The van der Waals surface area contributed by atoms with Crippen molar-refractivity contribution in [1.29, 1.82) is 0 Å². The summed E-state index contributed by atoms with van der Waals surface area (Å²) in [6.45, 7) is 16.4. The molecular weight excluding hydrogens is 346 g/mol. The lowest BCUT2D eigenvalue weighted by molar-refractivity contribution is 0.0988. The van der Waals surface area contributed by atoms with Crippen LogP contribution >= 0.6 is 11.8 Å². The van der Waals surface area contributed by atoms with Gasteiger partial charge in [-0.25, -0.2) is 4.98 Å². The fourth-order valence-electron chi connectivity index (χ4n) is 3.23. The average molecular weight is 376 g/mol. The number of thioether (sulfide) groups is 1. The highest BCUT2D eigenvalue weighted by atomic mass is 32.2. The molecule has 6 heteroatoms. The topological polar surface area (TPSA) is 67.8 Å². The zero-order valence-electron chi connectivity index (χ0n) is 17.0. The zero-order valence-corrected chi connectivity index (χ0v) is 17.8. The van der Waals surface area contributed by atoms with Crippen molar-refractivity contribution in [3.05, 3.63) is 33.9 Å². The van der Waals surface area contributed by atoms with Gasteiger partial charge in [0.2, 0.25) is 0 Å². The number of hydrogen-bond acceptors (Lipinski definition) is 4. The summed E-state index contributed by atoms with van der Waals surface area (Å²) >= 11 is 1.48. The van der Waals surface area contributed by atoms with Crippen molar-refractivity contribution < 1.29 is 9.59 Å². The molecule has 5 nitrogen and oxygen atoms in total. The fraction of sp³-hybridized carbons (Fsp3) is 0.550. The molecule has 1 unspecified atom stereocenters. The van der Waals surface area contributed by atoms with E-state index in [9.17, 15) is 9.59 Å². The highest BCUT2D eigenvalue weighted by Gasteiger charge is 2.26. The molecule has 0 amide bonds. The lowest BCUT2D eigenvalue weighted by atomic mass is 10.0. The molecule has 0 saturated carbocycles. The molecule has 0 aliphatic rings. The van der Waals surface area contributed by atoms with Crippen molar-refractivity contribution in [3.63, 3.8) is 0 Å². The molecule has 0 spiro atoms. The lowest BCUT2D eigenvalue weighted by Gasteiger charge is -2.15. The number of aryl methyl sites for hydroxylation is 2. The maximum Gasteiger partial charge on any atom is 0.192 e. The number of nitrogens with zero attached hydrogens (tertiary/aromatic N) is 2. The summed E-state index contributed by atoms with van der Waals surface area (Å²) < 4.78 is 2.20. The minimum absolute atomic E-state index is 0.00231.